The lowest BCUT2D eigenvalue weighted by Crippen LogP contribution is -2.12. The second kappa shape index (κ2) is 11.8. The van der Waals surface area contributed by atoms with Crippen molar-refractivity contribution < 1.29 is 17.9 Å². The first kappa shape index (κ1) is 25.6. The van der Waals surface area contributed by atoms with Crippen LogP contribution in [0.25, 0.3) is 11.4 Å². The van der Waals surface area contributed by atoms with E-state index in [0.29, 0.717) is 23.3 Å². The number of sulfonamides is 1. The Morgan fingerprint density at radius 2 is 1.75 bits per heavy atom. The molecule has 0 saturated heterocycles. The number of methoxy groups -OCH3 is 1. The summed E-state index contributed by atoms with van der Waals surface area (Å²) < 4.78 is 30.0. The molecule has 0 aliphatic rings. The fraction of sp³-hybridized carbons (Fsp3) is 0.318. The molecule has 3 aromatic rings. The number of rotatable bonds is 9. The van der Waals surface area contributed by atoms with E-state index >= 15 is 0 Å². The van der Waals surface area contributed by atoms with Crippen molar-refractivity contribution in [2.24, 2.45) is 5.14 Å². The summed E-state index contributed by atoms with van der Waals surface area (Å²) in [4.78, 5) is 12.4. The molecule has 172 valence electrons. The van der Waals surface area contributed by atoms with Gasteiger partial charge in [0, 0.05) is 13.0 Å². The summed E-state index contributed by atoms with van der Waals surface area (Å²) >= 11 is 1.32. The first-order valence-electron chi connectivity index (χ1n) is 10.2. The first-order chi connectivity index (χ1) is 15.3. The highest BCUT2D eigenvalue weighted by Gasteiger charge is 2.17. The summed E-state index contributed by atoms with van der Waals surface area (Å²) in [5.41, 5.74) is 1.56. The van der Waals surface area contributed by atoms with E-state index in [0.717, 1.165) is 11.1 Å². The fourth-order valence-electron chi connectivity index (χ4n) is 2.93. The molecule has 0 saturated carbocycles. The highest BCUT2D eigenvalue weighted by molar-refractivity contribution is 7.99. The van der Waals surface area contributed by atoms with Crippen LogP contribution < -0.4 is 9.88 Å². The molecule has 2 aromatic carbocycles. The molecule has 1 aromatic heterocycles. The molecule has 0 radical (unpaired) electrons. The third kappa shape index (κ3) is 6.41. The number of primary sulfonamides is 1. The molecule has 0 aliphatic heterocycles. The zero-order chi connectivity index (χ0) is 23.7. The number of thioether (sulfide) groups is 1. The van der Waals surface area contributed by atoms with Crippen LogP contribution in [0.4, 0.5) is 0 Å². The Labute approximate surface area is 193 Å². The van der Waals surface area contributed by atoms with Crippen molar-refractivity contribution in [3.8, 4) is 17.1 Å². The topological polar surface area (TPSA) is 117 Å². The number of nitrogens with zero attached hydrogens (tertiary/aromatic N) is 3. The molecule has 0 fully saturated rings. The van der Waals surface area contributed by atoms with Gasteiger partial charge in [-0.15, -0.1) is 10.2 Å². The average molecular weight is 477 g/mol. The Bertz CT molecular complexity index is 1140. The number of carbonyl (C=O) groups excluding carboxylic acids is 1. The van der Waals surface area contributed by atoms with Gasteiger partial charge in [-0.1, -0.05) is 49.9 Å². The van der Waals surface area contributed by atoms with Gasteiger partial charge in [0.15, 0.2) is 11.0 Å². The molecule has 32 heavy (non-hydrogen) atoms. The van der Waals surface area contributed by atoms with E-state index < -0.39 is 10.0 Å². The molecule has 0 spiro atoms. The summed E-state index contributed by atoms with van der Waals surface area (Å²) in [5, 5.41) is 14.3. The van der Waals surface area contributed by atoms with Crippen molar-refractivity contribution in [1.82, 2.24) is 14.8 Å². The molecule has 2 N–H and O–H groups in total. The van der Waals surface area contributed by atoms with Crippen LogP contribution in [-0.4, -0.2) is 41.8 Å². The number of hydrogen-bond donors (Lipinski definition) is 1. The van der Waals surface area contributed by atoms with Crippen molar-refractivity contribution in [1.29, 1.82) is 0 Å². The lowest BCUT2D eigenvalue weighted by molar-refractivity contribution is -0.116. The van der Waals surface area contributed by atoms with Crippen LogP contribution in [0.5, 0.6) is 5.75 Å². The Hall–Kier alpha value is -2.69. The number of para-hydroxylation sites is 1. The van der Waals surface area contributed by atoms with Crippen molar-refractivity contribution >= 4 is 27.6 Å². The smallest absolute Gasteiger partial charge is 0.238 e. The monoisotopic (exact) mass is 476 g/mol. The SMILES string of the molecule is CC.CCn1c(SCC(=O)Cc2ccc(S(N)(=O)=O)cc2)nnc1-c1ccccc1OC. The molecular weight excluding hydrogens is 448 g/mol. The van der Waals surface area contributed by atoms with Crippen molar-refractivity contribution in [2.75, 3.05) is 12.9 Å². The summed E-state index contributed by atoms with van der Waals surface area (Å²) in [7, 11) is -2.14. The fourth-order valence-corrected chi connectivity index (χ4v) is 4.31. The largest absolute Gasteiger partial charge is 0.496 e. The van der Waals surface area contributed by atoms with Gasteiger partial charge >= 0.3 is 0 Å². The number of carbonyl (C=O) groups is 1. The number of ether oxygens (including phenoxy) is 1. The van der Waals surface area contributed by atoms with E-state index in [9.17, 15) is 13.2 Å². The van der Waals surface area contributed by atoms with E-state index in [1.54, 1.807) is 19.2 Å². The second-order valence-electron chi connectivity index (χ2n) is 6.44. The van der Waals surface area contributed by atoms with Crippen molar-refractivity contribution in [3.05, 3.63) is 54.1 Å². The average Bonchev–Trinajstić information content (AvgIpc) is 3.21. The first-order valence-corrected chi connectivity index (χ1v) is 12.7. The third-order valence-electron chi connectivity index (χ3n) is 4.40. The van der Waals surface area contributed by atoms with Gasteiger partial charge in [0.2, 0.25) is 10.0 Å². The van der Waals surface area contributed by atoms with Gasteiger partial charge in [0.1, 0.15) is 11.5 Å². The highest BCUT2D eigenvalue weighted by atomic mass is 32.2. The number of hydrogen-bond acceptors (Lipinski definition) is 7. The third-order valence-corrected chi connectivity index (χ3v) is 6.35. The number of ketones is 1. The van der Waals surface area contributed by atoms with Gasteiger partial charge in [-0.3, -0.25) is 4.79 Å². The maximum Gasteiger partial charge on any atom is 0.238 e. The molecule has 1 heterocycles. The lowest BCUT2D eigenvalue weighted by atomic mass is 10.1. The number of benzene rings is 2. The van der Waals surface area contributed by atoms with Crippen LogP contribution in [-0.2, 0) is 27.8 Å². The van der Waals surface area contributed by atoms with E-state index in [-0.39, 0.29) is 22.9 Å². The van der Waals surface area contributed by atoms with E-state index in [1.807, 2.05) is 49.6 Å². The van der Waals surface area contributed by atoms with Crippen LogP contribution in [0, 0.1) is 0 Å². The minimum absolute atomic E-state index is 0.00662. The van der Waals surface area contributed by atoms with Crippen LogP contribution in [0.2, 0.25) is 0 Å². The Morgan fingerprint density at radius 1 is 1.09 bits per heavy atom. The van der Waals surface area contributed by atoms with Crippen molar-refractivity contribution in [3.63, 3.8) is 0 Å². The maximum absolute atomic E-state index is 12.4. The van der Waals surface area contributed by atoms with Crippen LogP contribution in [0.1, 0.15) is 26.3 Å². The van der Waals surface area contributed by atoms with Gasteiger partial charge in [0.05, 0.1) is 23.3 Å². The number of aromatic nitrogens is 3. The molecule has 0 amide bonds. The zero-order valence-electron chi connectivity index (χ0n) is 18.6. The second-order valence-corrected chi connectivity index (χ2v) is 8.95. The molecule has 0 aliphatic carbocycles. The number of Topliss-reactive ketones (excluding diaryl/α,β-unsaturated/α-hetero) is 1. The Morgan fingerprint density at radius 3 is 2.34 bits per heavy atom. The molecular formula is C22H28N4O4S2. The molecule has 0 bridgehead atoms. The Kier molecular flexibility index (Phi) is 9.42. The minimum atomic E-state index is -3.74. The number of nitrogens with two attached hydrogens (primary N) is 1. The normalized spacial score (nSPS) is 10.9. The van der Waals surface area contributed by atoms with Crippen LogP contribution >= 0.6 is 11.8 Å². The van der Waals surface area contributed by atoms with Gasteiger partial charge in [-0.05, 0) is 36.8 Å². The van der Waals surface area contributed by atoms with Gasteiger partial charge in [-0.25, -0.2) is 13.6 Å². The molecule has 0 unspecified atom stereocenters. The summed E-state index contributed by atoms with van der Waals surface area (Å²) in [6, 6.07) is 13.6. The van der Waals surface area contributed by atoms with Crippen LogP contribution in [0.3, 0.4) is 0 Å². The molecule has 8 nitrogen and oxygen atoms in total. The van der Waals surface area contributed by atoms with Crippen LogP contribution in [0.15, 0.2) is 58.6 Å². The van der Waals surface area contributed by atoms with Gasteiger partial charge in [-0.2, -0.15) is 0 Å². The van der Waals surface area contributed by atoms with Gasteiger partial charge < -0.3 is 9.30 Å². The minimum Gasteiger partial charge on any atom is -0.496 e. The van der Waals surface area contributed by atoms with Gasteiger partial charge in [0.25, 0.3) is 0 Å². The predicted molar refractivity (Wildman–Crippen MR) is 126 cm³/mol. The van der Waals surface area contributed by atoms with E-state index in [1.165, 1.54) is 23.9 Å². The predicted octanol–water partition coefficient (Wildman–Crippen LogP) is 3.55. The lowest BCUT2D eigenvalue weighted by Gasteiger charge is -2.10. The quantitative estimate of drug-likeness (QED) is 0.469. The molecule has 3 rings (SSSR count). The standard InChI is InChI=1S/C20H22N4O4S2.C2H6/c1-3-24-19(17-6-4-5-7-18(17)28-2)22-23-20(24)29-13-15(25)12-14-8-10-16(11-9-14)30(21,26)27;1-2/h4-11H,3,12-13H2,1-2H3,(H2,21,26,27);1-2H3. The van der Waals surface area contributed by atoms with E-state index in [2.05, 4.69) is 10.2 Å². The zero-order valence-corrected chi connectivity index (χ0v) is 20.2. The summed E-state index contributed by atoms with van der Waals surface area (Å²) in [6.07, 6.45) is 0.192. The molecule has 10 heteroatoms. The Balaban J connectivity index is 0.00000176. The molecule has 0 atom stereocenters. The summed E-state index contributed by atoms with van der Waals surface area (Å²) in [5.74, 6) is 1.60. The highest BCUT2D eigenvalue weighted by Crippen LogP contribution is 2.30. The van der Waals surface area contributed by atoms with Crippen molar-refractivity contribution in [2.45, 2.75) is 43.8 Å². The van der Waals surface area contributed by atoms with E-state index in [4.69, 9.17) is 9.88 Å². The maximum atomic E-state index is 12.4. The summed E-state index contributed by atoms with van der Waals surface area (Å²) in [6.45, 7) is 6.63.